The van der Waals surface area contributed by atoms with Gasteiger partial charge in [0.1, 0.15) is 0 Å². The van der Waals surface area contributed by atoms with Crippen LogP contribution >= 0.6 is 0 Å². The zero-order valence-electron chi connectivity index (χ0n) is 18.2. The van der Waals surface area contributed by atoms with Gasteiger partial charge in [-0.15, -0.1) is 0 Å². The van der Waals surface area contributed by atoms with Gasteiger partial charge < -0.3 is 9.67 Å². The number of aryl methyl sites for hydroxylation is 1. The molecule has 160 valence electrons. The average molecular weight is 415 g/mol. The van der Waals surface area contributed by atoms with E-state index in [9.17, 15) is 15.2 Å². The number of aromatic nitrogens is 1. The Kier molecular flexibility index (Phi) is 6.42. The molecular formula is C27H30N2O2. The fraction of sp³-hybridized carbons (Fsp3) is 0.407. The second-order valence-corrected chi connectivity index (χ2v) is 8.79. The molecule has 4 rings (SSSR count). The van der Waals surface area contributed by atoms with E-state index in [0.29, 0.717) is 23.6 Å². The van der Waals surface area contributed by atoms with Crippen molar-refractivity contribution in [3.05, 3.63) is 70.4 Å². The molecule has 0 saturated carbocycles. The molecule has 1 aliphatic carbocycles. The van der Waals surface area contributed by atoms with Gasteiger partial charge in [-0.1, -0.05) is 63.3 Å². The number of fused-ring (bicyclic) bond motifs is 3. The predicted octanol–water partition coefficient (Wildman–Crippen LogP) is 6.33. The largest absolute Gasteiger partial charge is 0.478 e. The minimum absolute atomic E-state index is 0.364. The first-order chi connectivity index (χ1) is 15.1. The molecule has 4 heteroatoms. The monoisotopic (exact) mass is 414 g/mol. The van der Waals surface area contributed by atoms with Crippen LogP contribution in [0.2, 0.25) is 0 Å². The molecule has 0 amide bonds. The molecule has 0 bridgehead atoms. The highest BCUT2D eigenvalue weighted by Gasteiger charge is 2.27. The molecule has 4 nitrogen and oxygen atoms in total. The Hall–Kier alpha value is -3.06. The maximum Gasteiger partial charge on any atom is 0.337 e. The Morgan fingerprint density at radius 1 is 1.19 bits per heavy atom. The Balaban J connectivity index is 1.75. The van der Waals surface area contributed by atoms with Crippen molar-refractivity contribution in [2.24, 2.45) is 5.92 Å². The number of unbranched alkanes of at least 4 members (excludes halogenated alkanes) is 3. The summed E-state index contributed by atoms with van der Waals surface area (Å²) < 4.78 is 2.23. The van der Waals surface area contributed by atoms with E-state index >= 15 is 0 Å². The minimum atomic E-state index is -0.886. The van der Waals surface area contributed by atoms with Crippen LogP contribution in [0.1, 0.15) is 78.2 Å². The molecule has 1 unspecified atom stereocenters. The second-order valence-electron chi connectivity index (χ2n) is 8.79. The van der Waals surface area contributed by atoms with Crippen LogP contribution in [-0.4, -0.2) is 15.6 Å². The number of hydrogen-bond donors (Lipinski definition) is 1. The Morgan fingerprint density at radius 2 is 2.03 bits per heavy atom. The SMILES string of the molecule is CCCCCCC1CCc2c(n(Cc3cccc(C#N)c3)c3c(C(=O)O)cccc23)C1. The normalized spacial score (nSPS) is 15.5. The third-order valence-electron chi connectivity index (χ3n) is 6.68. The van der Waals surface area contributed by atoms with Gasteiger partial charge in [-0.3, -0.25) is 0 Å². The quantitative estimate of drug-likeness (QED) is 0.438. The van der Waals surface area contributed by atoms with Crippen molar-refractivity contribution in [3.8, 4) is 6.07 Å². The van der Waals surface area contributed by atoms with Crippen molar-refractivity contribution in [2.45, 2.75) is 64.8 Å². The summed E-state index contributed by atoms with van der Waals surface area (Å²) in [6, 6.07) is 15.5. The van der Waals surface area contributed by atoms with Gasteiger partial charge >= 0.3 is 5.97 Å². The lowest BCUT2D eigenvalue weighted by Gasteiger charge is -2.24. The number of nitriles is 1. The molecule has 0 radical (unpaired) electrons. The van der Waals surface area contributed by atoms with E-state index in [4.69, 9.17) is 0 Å². The van der Waals surface area contributed by atoms with Crippen molar-refractivity contribution in [2.75, 3.05) is 0 Å². The number of para-hydroxylation sites is 1. The lowest BCUT2D eigenvalue weighted by molar-refractivity contribution is 0.0698. The van der Waals surface area contributed by atoms with E-state index in [0.717, 1.165) is 29.3 Å². The molecule has 1 N–H and O–H groups in total. The zero-order valence-corrected chi connectivity index (χ0v) is 18.2. The fourth-order valence-electron chi connectivity index (χ4n) is 5.14. The molecule has 2 aromatic carbocycles. The molecule has 0 aliphatic heterocycles. The highest BCUT2D eigenvalue weighted by molar-refractivity contribution is 6.04. The van der Waals surface area contributed by atoms with E-state index in [1.54, 1.807) is 6.07 Å². The van der Waals surface area contributed by atoms with E-state index in [1.807, 2.05) is 30.3 Å². The number of carbonyl (C=O) groups is 1. The maximum atomic E-state index is 12.0. The van der Waals surface area contributed by atoms with Gasteiger partial charge in [0, 0.05) is 17.6 Å². The first-order valence-electron chi connectivity index (χ1n) is 11.5. The topological polar surface area (TPSA) is 66.0 Å². The maximum absolute atomic E-state index is 12.0. The Labute approximate surface area is 184 Å². The number of rotatable bonds is 8. The Morgan fingerprint density at radius 3 is 2.81 bits per heavy atom. The summed E-state index contributed by atoms with van der Waals surface area (Å²) in [5.41, 5.74) is 5.47. The summed E-state index contributed by atoms with van der Waals surface area (Å²) in [5.74, 6) is -0.227. The van der Waals surface area contributed by atoms with Gasteiger partial charge in [0.05, 0.1) is 22.7 Å². The van der Waals surface area contributed by atoms with Gasteiger partial charge in [-0.05, 0) is 54.5 Å². The van der Waals surface area contributed by atoms with Crippen LogP contribution < -0.4 is 0 Å². The van der Waals surface area contributed by atoms with Gasteiger partial charge in [0.15, 0.2) is 0 Å². The molecule has 31 heavy (non-hydrogen) atoms. The number of carboxylic acid groups (broad SMARTS) is 1. The second kappa shape index (κ2) is 9.39. The number of aromatic carboxylic acids is 1. The fourth-order valence-corrected chi connectivity index (χ4v) is 5.14. The third-order valence-corrected chi connectivity index (χ3v) is 6.68. The van der Waals surface area contributed by atoms with Gasteiger partial charge in [0.2, 0.25) is 0 Å². The van der Waals surface area contributed by atoms with E-state index < -0.39 is 5.97 Å². The molecule has 1 aliphatic rings. The average Bonchev–Trinajstić information content (AvgIpc) is 3.10. The van der Waals surface area contributed by atoms with Gasteiger partial charge in [-0.2, -0.15) is 5.26 Å². The molecule has 0 spiro atoms. The first-order valence-corrected chi connectivity index (χ1v) is 11.5. The van der Waals surface area contributed by atoms with Crippen LogP contribution in [0.5, 0.6) is 0 Å². The van der Waals surface area contributed by atoms with Crippen molar-refractivity contribution in [1.29, 1.82) is 5.26 Å². The highest BCUT2D eigenvalue weighted by atomic mass is 16.4. The number of hydrogen-bond acceptors (Lipinski definition) is 2. The van der Waals surface area contributed by atoms with Crippen LogP contribution in [-0.2, 0) is 19.4 Å². The summed E-state index contributed by atoms with van der Waals surface area (Å²) >= 11 is 0. The number of nitrogens with zero attached hydrogens (tertiary/aromatic N) is 2. The van der Waals surface area contributed by atoms with Crippen molar-refractivity contribution >= 4 is 16.9 Å². The first kappa shape index (κ1) is 21.2. The molecule has 1 atom stereocenters. The van der Waals surface area contributed by atoms with Gasteiger partial charge in [0.25, 0.3) is 0 Å². The van der Waals surface area contributed by atoms with Crippen molar-refractivity contribution < 1.29 is 9.90 Å². The van der Waals surface area contributed by atoms with Crippen LogP contribution in [0.15, 0.2) is 42.5 Å². The third kappa shape index (κ3) is 4.37. The molecule has 0 fully saturated rings. The minimum Gasteiger partial charge on any atom is -0.478 e. The summed E-state index contributed by atoms with van der Waals surface area (Å²) in [7, 11) is 0. The van der Waals surface area contributed by atoms with E-state index in [2.05, 4.69) is 23.6 Å². The number of carboxylic acids is 1. The van der Waals surface area contributed by atoms with Crippen molar-refractivity contribution in [3.63, 3.8) is 0 Å². The summed E-state index contributed by atoms with van der Waals surface area (Å²) in [4.78, 5) is 12.0. The molecule has 3 aromatic rings. The van der Waals surface area contributed by atoms with Crippen LogP contribution in [0.3, 0.4) is 0 Å². The predicted molar refractivity (Wildman–Crippen MR) is 123 cm³/mol. The van der Waals surface area contributed by atoms with E-state index in [1.165, 1.54) is 49.8 Å². The lowest BCUT2D eigenvalue weighted by atomic mass is 9.83. The van der Waals surface area contributed by atoms with Crippen molar-refractivity contribution in [1.82, 2.24) is 4.57 Å². The van der Waals surface area contributed by atoms with Gasteiger partial charge in [-0.25, -0.2) is 4.79 Å². The number of benzene rings is 2. The molecular weight excluding hydrogens is 384 g/mol. The lowest BCUT2D eigenvalue weighted by Crippen LogP contribution is -2.17. The molecule has 1 aromatic heterocycles. The molecule has 0 saturated heterocycles. The van der Waals surface area contributed by atoms with E-state index in [-0.39, 0.29) is 0 Å². The van der Waals surface area contributed by atoms with Crippen LogP contribution in [0.4, 0.5) is 0 Å². The van der Waals surface area contributed by atoms with Crippen LogP contribution in [0.25, 0.3) is 10.9 Å². The molecule has 1 heterocycles. The zero-order chi connectivity index (χ0) is 21.8. The van der Waals surface area contributed by atoms with Crippen LogP contribution in [0, 0.1) is 17.2 Å². The summed E-state index contributed by atoms with van der Waals surface area (Å²) in [6.07, 6.45) is 9.58. The smallest absolute Gasteiger partial charge is 0.337 e. The highest BCUT2D eigenvalue weighted by Crippen LogP contribution is 2.37. The standard InChI is InChI=1S/C27H30N2O2/c1-2-3-4-5-8-19-13-14-22-23-11-7-12-24(27(30)31)26(23)29(25(22)16-19)18-21-10-6-9-20(15-21)17-28/h6-7,9-12,15,19H,2-5,8,13-14,16,18H2,1H3,(H,30,31). The summed E-state index contributed by atoms with van der Waals surface area (Å²) in [5, 5.41) is 20.2. The Bertz CT molecular complexity index is 1140. The summed E-state index contributed by atoms with van der Waals surface area (Å²) in [6.45, 7) is 2.83.